The van der Waals surface area contributed by atoms with Gasteiger partial charge in [0.05, 0.1) is 20.6 Å². The number of likely N-dealkylation sites (tertiary alicyclic amines) is 1. The fourth-order valence-electron chi connectivity index (χ4n) is 3.88. The number of quaternary nitrogens is 1. The minimum absolute atomic E-state index is 0.328. The molecule has 0 unspecified atom stereocenters. The third kappa shape index (κ3) is 3.55. The molecule has 1 N–H and O–H groups in total. The number of carbonyl (C=O) groups excluding carboxylic acids is 1. The number of benzene rings is 1. The molecule has 0 amide bonds. The van der Waals surface area contributed by atoms with E-state index in [1.54, 1.807) is 0 Å². The number of allylic oxidation sites excluding steroid dienone is 2. The largest absolute Gasteiger partial charge is 0.457 e. The second kappa shape index (κ2) is 7.08. The Labute approximate surface area is 144 Å². The molecule has 2 aliphatic rings. The summed E-state index contributed by atoms with van der Waals surface area (Å²) in [6, 6.07) is 7.96. The van der Waals surface area contributed by atoms with Gasteiger partial charge >= 0.3 is 5.97 Å². The van der Waals surface area contributed by atoms with Gasteiger partial charge in [0.15, 0.2) is 6.10 Å². The van der Waals surface area contributed by atoms with Crippen LogP contribution in [0.2, 0.25) is 0 Å². The van der Waals surface area contributed by atoms with Gasteiger partial charge in [-0.25, -0.2) is 4.79 Å². The second-order valence-corrected chi connectivity index (χ2v) is 7.54. The third-order valence-electron chi connectivity index (χ3n) is 5.54. The fraction of sp³-hybridized carbons (Fsp3) is 0.550. The van der Waals surface area contributed by atoms with Gasteiger partial charge in [-0.1, -0.05) is 30.3 Å². The van der Waals surface area contributed by atoms with Crippen molar-refractivity contribution < 1.29 is 19.1 Å². The van der Waals surface area contributed by atoms with E-state index in [9.17, 15) is 9.90 Å². The fourth-order valence-corrected chi connectivity index (χ4v) is 3.88. The van der Waals surface area contributed by atoms with Crippen molar-refractivity contribution in [2.75, 3.05) is 27.2 Å². The van der Waals surface area contributed by atoms with Gasteiger partial charge in [-0.2, -0.15) is 0 Å². The quantitative estimate of drug-likeness (QED) is 0.667. The number of esters is 1. The number of aliphatic hydroxyl groups is 1. The molecule has 24 heavy (non-hydrogen) atoms. The molecule has 1 heterocycles. The van der Waals surface area contributed by atoms with Crippen LogP contribution in [0.15, 0.2) is 30.3 Å². The Balaban J connectivity index is 1.68. The molecular weight excluding hydrogens is 302 g/mol. The number of ether oxygens (including phenoxy) is 1. The Morgan fingerprint density at radius 3 is 2.79 bits per heavy atom. The first-order valence-corrected chi connectivity index (χ1v) is 8.95. The highest BCUT2D eigenvalue weighted by Crippen LogP contribution is 2.33. The molecule has 1 aromatic carbocycles. The van der Waals surface area contributed by atoms with E-state index in [-0.39, 0.29) is 0 Å². The number of carbonyl (C=O) groups is 1. The molecule has 4 nitrogen and oxygen atoms in total. The zero-order valence-corrected chi connectivity index (χ0v) is 14.7. The van der Waals surface area contributed by atoms with Crippen molar-refractivity contribution in [3.05, 3.63) is 41.5 Å². The zero-order chi connectivity index (χ0) is 17.2. The van der Waals surface area contributed by atoms with Gasteiger partial charge < -0.3 is 14.3 Å². The number of rotatable bonds is 5. The van der Waals surface area contributed by atoms with Gasteiger partial charge in [0.2, 0.25) is 0 Å². The predicted octanol–water partition coefficient (Wildman–Crippen LogP) is 3.07. The average Bonchev–Trinajstić information content (AvgIpc) is 3.21. The zero-order valence-electron chi connectivity index (χ0n) is 14.7. The SMILES string of the molecule is C[N+]1(C)CCC[C@H]1COC(=O)[C@H](O)c1ccccc1C1=CCCC1. The van der Waals surface area contributed by atoms with Crippen molar-refractivity contribution in [2.24, 2.45) is 0 Å². The van der Waals surface area contributed by atoms with E-state index < -0.39 is 12.1 Å². The first kappa shape index (κ1) is 17.2. The van der Waals surface area contributed by atoms with Crippen molar-refractivity contribution in [1.82, 2.24) is 0 Å². The molecule has 1 aliphatic heterocycles. The van der Waals surface area contributed by atoms with Crippen molar-refractivity contribution >= 4 is 11.5 Å². The topological polar surface area (TPSA) is 46.5 Å². The van der Waals surface area contributed by atoms with Crippen LogP contribution in [-0.4, -0.2) is 48.8 Å². The van der Waals surface area contributed by atoms with E-state index in [2.05, 4.69) is 20.2 Å². The van der Waals surface area contributed by atoms with Crippen molar-refractivity contribution in [3.63, 3.8) is 0 Å². The van der Waals surface area contributed by atoms with Gasteiger partial charge in [-0.15, -0.1) is 0 Å². The van der Waals surface area contributed by atoms with Crippen LogP contribution in [0.4, 0.5) is 0 Å². The lowest BCUT2D eigenvalue weighted by atomic mass is 9.96. The molecule has 1 saturated heterocycles. The summed E-state index contributed by atoms with van der Waals surface area (Å²) < 4.78 is 6.35. The number of hydrogen-bond acceptors (Lipinski definition) is 3. The van der Waals surface area contributed by atoms with Crippen molar-refractivity contribution in [2.45, 2.75) is 44.2 Å². The van der Waals surface area contributed by atoms with E-state index in [0.29, 0.717) is 18.2 Å². The minimum Gasteiger partial charge on any atom is -0.457 e. The average molecular weight is 330 g/mol. The number of aliphatic hydroxyl groups excluding tert-OH is 1. The summed E-state index contributed by atoms with van der Waals surface area (Å²) in [5.74, 6) is -0.534. The standard InChI is InChI=1S/C20H28NO3/c1-21(2)13-7-10-16(21)14-24-20(23)19(22)18-12-6-5-11-17(18)15-8-3-4-9-15/h5-6,8,11-12,16,19,22H,3-4,7,9-10,13-14H2,1-2H3/q+1/t16-,19+/m0/s1. The Hall–Kier alpha value is -1.65. The molecule has 3 rings (SSSR count). The van der Waals surface area contributed by atoms with Crippen LogP contribution in [0.25, 0.3) is 5.57 Å². The van der Waals surface area contributed by atoms with Gasteiger partial charge in [0.25, 0.3) is 0 Å². The summed E-state index contributed by atoms with van der Waals surface area (Å²) >= 11 is 0. The van der Waals surface area contributed by atoms with Crippen molar-refractivity contribution in [3.8, 4) is 0 Å². The first-order valence-electron chi connectivity index (χ1n) is 8.95. The smallest absolute Gasteiger partial charge is 0.339 e. The van der Waals surface area contributed by atoms with Crippen molar-refractivity contribution in [1.29, 1.82) is 0 Å². The van der Waals surface area contributed by atoms with E-state index in [1.165, 1.54) is 5.57 Å². The Morgan fingerprint density at radius 1 is 1.33 bits per heavy atom. The van der Waals surface area contributed by atoms with Crippen LogP contribution in [0.3, 0.4) is 0 Å². The summed E-state index contributed by atoms with van der Waals surface area (Å²) in [5, 5.41) is 10.5. The molecule has 0 bridgehead atoms. The van der Waals surface area contributed by atoms with E-state index in [0.717, 1.165) is 48.7 Å². The predicted molar refractivity (Wildman–Crippen MR) is 94.2 cm³/mol. The van der Waals surface area contributed by atoms with Crippen LogP contribution in [0, 0.1) is 0 Å². The van der Waals surface area contributed by atoms with Gasteiger partial charge in [-0.05, 0) is 36.0 Å². The van der Waals surface area contributed by atoms with Gasteiger partial charge in [0, 0.05) is 12.8 Å². The van der Waals surface area contributed by atoms with Crippen LogP contribution in [0.1, 0.15) is 49.3 Å². The van der Waals surface area contributed by atoms with Gasteiger partial charge in [-0.3, -0.25) is 0 Å². The Morgan fingerprint density at radius 2 is 2.12 bits per heavy atom. The molecule has 0 spiro atoms. The normalized spacial score (nSPS) is 23.8. The van der Waals surface area contributed by atoms with E-state index in [4.69, 9.17) is 4.74 Å². The number of likely N-dealkylation sites (N-methyl/N-ethyl adjacent to an activating group) is 1. The molecule has 1 aromatic rings. The summed E-state index contributed by atoms with van der Waals surface area (Å²) in [5.41, 5.74) is 2.87. The highest BCUT2D eigenvalue weighted by atomic mass is 16.5. The van der Waals surface area contributed by atoms with Gasteiger partial charge in [0.1, 0.15) is 12.6 Å². The number of nitrogens with zero attached hydrogens (tertiary/aromatic N) is 1. The third-order valence-corrected chi connectivity index (χ3v) is 5.54. The van der Waals surface area contributed by atoms with Crippen LogP contribution >= 0.6 is 0 Å². The molecular formula is C20H28NO3+. The Kier molecular flexibility index (Phi) is 5.07. The van der Waals surface area contributed by atoms with E-state index in [1.807, 2.05) is 24.3 Å². The molecule has 1 aliphatic carbocycles. The molecule has 0 saturated carbocycles. The highest BCUT2D eigenvalue weighted by molar-refractivity contribution is 5.80. The molecule has 4 heteroatoms. The maximum Gasteiger partial charge on any atom is 0.339 e. The lowest BCUT2D eigenvalue weighted by Crippen LogP contribution is -2.46. The summed E-state index contributed by atoms with van der Waals surface area (Å²) in [4.78, 5) is 12.4. The highest BCUT2D eigenvalue weighted by Gasteiger charge is 2.35. The summed E-state index contributed by atoms with van der Waals surface area (Å²) in [6.45, 7) is 1.50. The summed E-state index contributed by atoms with van der Waals surface area (Å²) in [7, 11) is 4.34. The molecule has 2 atom stereocenters. The lowest BCUT2D eigenvalue weighted by Gasteiger charge is -2.31. The van der Waals surface area contributed by atoms with Crippen LogP contribution in [0.5, 0.6) is 0 Å². The molecule has 0 radical (unpaired) electrons. The molecule has 130 valence electrons. The Bertz CT molecular complexity index is 636. The van der Waals surface area contributed by atoms with E-state index >= 15 is 0 Å². The van der Waals surface area contributed by atoms with Crippen LogP contribution < -0.4 is 0 Å². The molecule has 0 aromatic heterocycles. The first-order chi connectivity index (χ1) is 11.5. The maximum atomic E-state index is 12.4. The monoisotopic (exact) mass is 330 g/mol. The van der Waals surface area contributed by atoms with Crippen LogP contribution in [-0.2, 0) is 9.53 Å². The number of hydrogen-bond donors (Lipinski definition) is 1. The minimum atomic E-state index is -1.21. The molecule has 1 fully saturated rings. The summed E-state index contributed by atoms with van der Waals surface area (Å²) in [6.07, 6.45) is 6.44. The maximum absolute atomic E-state index is 12.4. The second-order valence-electron chi connectivity index (χ2n) is 7.54. The lowest BCUT2D eigenvalue weighted by molar-refractivity contribution is -0.902.